The van der Waals surface area contributed by atoms with Gasteiger partial charge in [-0.3, -0.25) is 4.79 Å². The average molecular weight is 244 g/mol. The molecule has 96 valence electrons. The third-order valence-corrected chi connectivity index (χ3v) is 2.53. The second-order valence-corrected chi connectivity index (χ2v) is 4.22. The molecule has 3 heteroatoms. The largest absolute Gasteiger partial charge is 0.326 e. The van der Waals surface area contributed by atoms with Gasteiger partial charge in [0.2, 0.25) is 5.91 Å². The Hall–Kier alpha value is -1.79. The lowest BCUT2D eigenvalue weighted by Crippen LogP contribution is -2.14. The first-order valence-electron chi connectivity index (χ1n) is 6.23. The Labute approximate surface area is 109 Å². The lowest BCUT2D eigenvalue weighted by atomic mass is 10.2. The molecule has 0 saturated heterocycles. The van der Waals surface area contributed by atoms with E-state index < -0.39 is 0 Å². The van der Waals surface area contributed by atoms with Gasteiger partial charge >= 0.3 is 0 Å². The molecule has 0 aliphatic heterocycles. The normalized spacial score (nSPS) is 9.78. The number of hydrogen-bond donors (Lipinski definition) is 2. The van der Waals surface area contributed by atoms with Gasteiger partial charge in [0.25, 0.3) is 0 Å². The molecule has 0 spiro atoms. The quantitative estimate of drug-likeness (QED) is 0.571. The Balaban J connectivity index is 2.23. The van der Waals surface area contributed by atoms with Gasteiger partial charge in [-0.2, -0.15) is 0 Å². The van der Waals surface area contributed by atoms with Crippen molar-refractivity contribution in [1.82, 2.24) is 5.32 Å². The van der Waals surface area contributed by atoms with E-state index in [1.54, 1.807) is 0 Å². The highest BCUT2D eigenvalue weighted by Gasteiger charge is 1.96. The Morgan fingerprint density at radius 2 is 2.00 bits per heavy atom. The summed E-state index contributed by atoms with van der Waals surface area (Å²) in [6.45, 7) is 3.33. The molecule has 0 bridgehead atoms. The summed E-state index contributed by atoms with van der Waals surface area (Å²) in [5.74, 6) is 2.59. The van der Waals surface area contributed by atoms with Crippen LogP contribution in [0.5, 0.6) is 0 Å². The summed E-state index contributed by atoms with van der Waals surface area (Å²) in [5, 5.41) is 6.11. The summed E-state index contributed by atoms with van der Waals surface area (Å²) in [4.78, 5) is 10.9. The monoisotopic (exact) mass is 244 g/mol. The van der Waals surface area contributed by atoms with E-state index >= 15 is 0 Å². The Bertz CT molecular complexity index is 403. The van der Waals surface area contributed by atoms with Gasteiger partial charge in [0, 0.05) is 25.6 Å². The molecular formula is C15H20N2O. The molecule has 0 unspecified atom stereocenters. The second-order valence-electron chi connectivity index (χ2n) is 4.22. The van der Waals surface area contributed by atoms with Gasteiger partial charge in [-0.1, -0.05) is 12.1 Å². The van der Waals surface area contributed by atoms with Crippen LogP contribution in [-0.2, 0) is 11.3 Å². The van der Waals surface area contributed by atoms with Crippen molar-refractivity contribution in [2.24, 2.45) is 0 Å². The van der Waals surface area contributed by atoms with Crippen molar-refractivity contribution >= 4 is 11.6 Å². The van der Waals surface area contributed by atoms with Crippen LogP contribution in [0.15, 0.2) is 24.3 Å². The Morgan fingerprint density at radius 3 is 2.61 bits per heavy atom. The van der Waals surface area contributed by atoms with Crippen LogP contribution in [0.2, 0.25) is 0 Å². The van der Waals surface area contributed by atoms with Crippen LogP contribution in [0, 0.1) is 12.3 Å². The highest BCUT2D eigenvalue weighted by molar-refractivity contribution is 5.88. The van der Waals surface area contributed by atoms with E-state index in [0.29, 0.717) is 0 Å². The van der Waals surface area contributed by atoms with E-state index in [0.717, 1.165) is 38.0 Å². The summed E-state index contributed by atoms with van der Waals surface area (Å²) >= 11 is 0. The summed E-state index contributed by atoms with van der Waals surface area (Å²) < 4.78 is 0. The summed E-state index contributed by atoms with van der Waals surface area (Å²) in [6.07, 6.45) is 8.22. The van der Waals surface area contributed by atoms with Crippen LogP contribution >= 0.6 is 0 Å². The molecule has 0 fully saturated rings. The number of carbonyl (C=O) groups is 1. The molecule has 0 aliphatic rings. The Morgan fingerprint density at radius 1 is 1.28 bits per heavy atom. The fourth-order valence-corrected chi connectivity index (χ4v) is 1.62. The van der Waals surface area contributed by atoms with Gasteiger partial charge in [-0.15, -0.1) is 12.3 Å². The minimum absolute atomic E-state index is 0.0469. The van der Waals surface area contributed by atoms with Crippen molar-refractivity contribution in [2.75, 3.05) is 11.9 Å². The highest BCUT2D eigenvalue weighted by Crippen LogP contribution is 2.09. The first kappa shape index (κ1) is 14.3. The number of terminal acetylenes is 1. The van der Waals surface area contributed by atoms with E-state index in [4.69, 9.17) is 6.42 Å². The van der Waals surface area contributed by atoms with E-state index in [-0.39, 0.29) is 5.91 Å². The van der Waals surface area contributed by atoms with Crippen LogP contribution in [0.25, 0.3) is 0 Å². The fourth-order valence-electron chi connectivity index (χ4n) is 1.62. The predicted molar refractivity (Wildman–Crippen MR) is 75.1 cm³/mol. The zero-order chi connectivity index (χ0) is 13.2. The molecule has 0 aliphatic carbocycles. The van der Waals surface area contributed by atoms with Gasteiger partial charge in [-0.05, 0) is 37.1 Å². The van der Waals surface area contributed by atoms with Gasteiger partial charge in [0.05, 0.1) is 0 Å². The van der Waals surface area contributed by atoms with E-state index in [2.05, 4.69) is 16.6 Å². The van der Waals surface area contributed by atoms with Crippen LogP contribution in [0.3, 0.4) is 0 Å². The predicted octanol–water partition coefficient (Wildman–Crippen LogP) is 2.54. The van der Waals surface area contributed by atoms with E-state index in [9.17, 15) is 4.79 Å². The number of carbonyl (C=O) groups excluding carboxylic acids is 1. The number of benzene rings is 1. The zero-order valence-corrected chi connectivity index (χ0v) is 10.8. The number of nitrogens with one attached hydrogen (secondary N) is 2. The third kappa shape index (κ3) is 6.07. The average Bonchev–Trinajstić information content (AvgIpc) is 2.35. The maximum absolute atomic E-state index is 10.9. The molecule has 1 rings (SSSR count). The van der Waals surface area contributed by atoms with Crippen molar-refractivity contribution in [3.05, 3.63) is 29.8 Å². The lowest BCUT2D eigenvalue weighted by molar-refractivity contribution is -0.114. The standard InChI is InChI=1S/C15H20N2O/c1-3-4-5-6-11-16-12-14-7-9-15(10-8-14)17-13(2)18/h1,7-10,16H,4-6,11-12H2,2H3,(H,17,18). The maximum atomic E-state index is 10.9. The second kappa shape index (κ2) is 8.32. The lowest BCUT2D eigenvalue weighted by Gasteiger charge is -2.06. The molecule has 0 radical (unpaired) electrons. The molecule has 1 amide bonds. The molecule has 0 heterocycles. The van der Waals surface area contributed by atoms with Crippen LogP contribution in [-0.4, -0.2) is 12.5 Å². The summed E-state index contributed by atoms with van der Waals surface area (Å²) in [5.41, 5.74) is 2.04. The van der Waals surface area contributed by atoms with Gasteiger partial charge in [-0.25, -0.2) is 0 Å². The molecule has 3 nitrogen and oxygen atoms in total. The first-order chi connectivity index (χ1) is 8.72. The van der Waals surface area contributed by atoms with Gasteiger partial charge in [0.1, 0.15) is 0 Å². The number of hydrogen-bond acceptors (Lipinski definition) is 2. The van der Waals surface area contributed by atoms with Crippen LogP contribution in [0.1, 0.15) is 31.7 Å². The minimum Gasteiger partial charge on any atom is -0.326 e. The SMILES string of the molecule is C#CCCCCNCc1ccc(NC(C)=O)cc1. The third-order valence-electron chi connectivity index (χ3n) is 2.53. The number of rotatable bonds is 7. The molecule has 0 aromatic heterocycles. The number of unbranched alkanes of at least 4 members (excludes halogenated alkanes) is 2. The van der Waals surface area contributed by atoms with Crippen LogP contribution in [0.4, 0.5) is 5.69 Å². The van der Waals surface area contributed by atoms with Crippen LogP contribution < -0.4 is 10.6 Å². The fraction of sp³-hybridized carbons (Fsp3) is 0.400. The molecule has 0 atom stereocenters. The molecule has 1 aromatic carbocycles. The van der Waals surface area contributed by atoms with Gasteiger partial charge in [0.15, 0.2) is 0 Å². The summed E-state index contributed by atoms with van der Waals surface area (Å²) in [6, 6.07) is 7.85. The van der Waals surface area contributed by atoms with Crippen molar-refractivity contribution in [3.63, 3.8) is 0 Å². The molecule has 2 N–H and O–H groups in total. The van der Waals surface area contributed by atoms with Crippen molar-refractivity contribution < 1.29 is 4.79 Å². The van der Waals surface area contributed by atoms with E-state index in [1.165, 1.54) is 12.5 Å². The maximum Gasteiger partial charge on any atom is 0.221 e. The highest BCUT2D eigenvalue weighted by atomic mass is 16.1. The summed E-state index contributed by atoms with van der Waals surface area (Å²) in [7, 11) is 0. The molecule has 0 saturated carbocycles. The number of amides is 1. The van der Waals surface area contributed by atoms with Crippen molar-refractivity contribution in [1.29, 1.82) is 0 Å². The van der Waals surface area contributed by atoms with Crippen molar-refractivity contribution in [2.45, 2.75) is 32.7 Å². The molecular weight excluding hydrogens is 224 g/mol. The Kier molecular flexibility index (Phi) is 6.60. The molecule has 1 aromatic rings. The van der Waals surface area contributed by atoms with Gasteiger partial charge < -0.3 is 10.6 Å². The molecule has 18 heavy (non-hydrogen) atoms. The van der Waals surface area contributed by atoms with E-state index in [1.807, 2.05) is 24.3 Å². The zero-order valence-electron chi connectivity index (χ0n) is 10.8. The number of anilines is 1. The smallest absolute Gasteiger partial charge is 0.221 e. The first-order valence-corrected chi connectivity index (χ1v) is 6.23. The van der Waals surface area contributed by atoms with Crippen molar-refractivity contribution in [3.8, 4) is 12.3 Å². The topological polar surface area (TPSA) is 41.1 Å². The minimum atomic E-state index is -0.0469.